The average Bonchev–Trinajstić information content (AvgIpc) is 3.02. The SMILES string of the molecule is COc1ccc(CCCC(=O)Cc2nc3ccc(Cl)cc3s2)cc1OC. The van der Waals surface area contributed by atoms with Crippen molar-refractivity contribution in [2.24, 2.45) is 0 Å². The number of rotatable bonds is 8. The summed E-state index contributed by atoms with van der Waals surface area (Å²) in [5, 5.41) is 1.53. The zero-order valence-electron chi connectivity index (χ0n) is 14.8. The summed E-state index contributed by atoms with van der Waals surface area (Å²) in [6.45, 7) is 0. The molecule has 0 radical (unpaired) electrons. The molecule has 0 N–H and O–H groups in total. The van der Waals surface area contributed by atoms with Gasteiger partial charge in [0.1, 0.15) is 10.8 Å². The van der Waals surface area contributed by atoms with E-state index in [1.165, 1.54) is 11.3 Å². The maximum absolute atomic E-state index is 12.3. The second-order valence-electron chi connectivity index (χ2n) is 5.98. The van der Waals surface area contributed by atoms with Crippen molar-refractivity contribution in [1.82, 2.24) is 4.98 Å². The Morgan fingerprint density at radius 1 is 1.12 bits per heavy atom. The van der Waals surface area contributed by atoms with Crippen LogP contribution in [0.2, 0.25) is 5.02 Å². The molecular weight excluding hydrogens is 370 g/mol. The molecule has 136 valence electrons. The molecule has 0 bridgehead atoms. The third kappa shape index (κ3) is 4.54. The van der Waals surface area contributed by atoms with E-state index in [1.807, 2.05) is 36.4 Å². The Balaban J connectivity index is 1.53. The molecule has 0 amide bonds. The van der Waals surface area contributed by atoms with Crippen molar-refractivity contribution in [3.8, 4) is 11.5 Å². The first-order valence-corrected chi connectivity index (χ1v) is 9.56. The maximum Gasteiger partial charge on any atom is 0.160 e. The van der Waals surface area contributed by atoms with E-state index in [9.17, 15) is 4.79 Å². The van der Waals surface area contributed by atoms with Crippen LogP contribution >= 0.6 is 22.9 Å². The minimum absolute atomic E-state index is 0.204. The fraction of sp³-hybridized carbons (Fsp3) is 0.300. The van der Waals surface area contributed by atoms with E-state index in [0.29, 0.717) is 29.4 Å². The first-order chi connectivity index (χ1) is 12.6. The number of benzene rings is 2. The predicted octanol–water partition coefficient (Wildman–Crippen LogP) is 5.10. The molecule has 0 spiro atoms. The van der Waals surface area contributed by atoms with E-state index in [2.05, 4.69) is 4.98 Å². The quantitative estimate of drug-likeness (QED) is 0.537. The summed E-state index contributed by atoms with van der Waals surface area (Å²) < 4.78 is 11.6. The van der Waals surface area contributed by atoms with Crippen LogP contribution in [0.5, 0.6) is 11.5 Å². The van der Waals surface area contributed by atoms with Crippen LogP contribution in [-0.4, -0.2) is 25.0 Å². The van der Waals surface area contributed by atoms with Crippen LogP contribution in [0.1, 0.15) is 23.4 Å². The highest BCUT2D eigenvalue weighted by molar-refractivity contribution is 7.18. The number of hydrogen-bond acceptors (Lipinski definition) is 5. The van der Waals surface area contributed by atoms with Gasteiger partial charge < -0.3 is 9.47 Å². The van der Waals surface area contributed by atoms with E-state index in [1.54, 1.807) is 14.2 Å². The summed E-state index contributed by atoms with van der Waals surface area (Å²) >= 11 is 7.53. The molecule has 0 unspecified atom stereocenters. The molecule has 4 nitrogen and oxygen atoms in total. The molecule has 0 fully saturated rings. The lowest BCUT2D eigenvalue weighted by Gasteiger charge is -2.09. The molecule has 3 rings (SSSR count). The molecule has 26 heavy (non-hydrogen) atoms. The first kappa shape index (κ1) is 18.7. The number of fused-ring (bicyclic) bond motifs is 1. The van der Waals surface area contributed by atoms with Gasteiger partial charge >= 0.3 is 0 Å². The molecule has 0 saturated heterocycles. The molecule has 3 aromatic rings. The molecular formula is C20H20ClNO3S. The smallest absolute Gasteiger partial charge is 0.160 e. The third-order valence-corrected chi connectivity index (χ3v) is 5.37. The van der Waals surface area contributed by atoms with Gasteiger partial charge in [-0.25, -0.2) is 4.98 Å². The van der Waals surface area contributed by atoms with Crippen LogP contribution in [0.3, 0.4) is 0 Å². The number of aryl methyl sites for hydroxylation is 1. The molecule has 0 saturated carbocycles. The number of nitrogens with zero attached hydrogens (tertiary/aromatic N) is 1. The number of methoxy groups -OCH3 is 2. The first-order valence-electron chi connectivity index (χ1n) is 8.36. The Hall–Kier alpha value is -2.11. The second-order valence-corrected chi connectivity index (χ2v) is 7.53. The molecule has 0 aliphatic rings. The van der Waals surface area contributed by atoms with Gasteiger partial charge in [-0.3, -0.25) is 4.79 Å². The Labute approximate surface area is 161 Å². The summed E-state index contributed by atoms with van der Waals surface area (Å²) in [6.07, 6.45) is 2.53. The van der Waals surface area contributed by atoms with Gasteiger partial charge in [0.25, 0.3) is 0 Å². The standard InChI is InChI=1S/C20H20ClNO3S/c1-24-17-9-6-13(10-18(17)25-2)4-3-5-15(23)12-20-22-16-8-7-14(21)11-19(16)26-20/h6-11H,3-5,12H2,1-2H3. The molecule has 6 heteroatoms. The van der Waals surface area contributed by atoms with Crippen molar-refractivity contribution in [3.05, 3.63) is 52.0 Å². The Kier molecular flexibility index (Phi) is 6.12. The van der Waals surface area contributed by atoms with Crippen LogP contribution in [0.4, 0.5) is 0 Å². The van der Waals surface area contributed by atoms with Crippen molar-refractivity contribution in [3.63, 3.8) is 0 Å². The van der Waals surface area contributed by atoms with Crippen molar-refractivity contribution in [2.45, 2.75) is 25.7 Å². The van der Waals surface area contributed by atoms with Crippen LogP contribution < -0.4 is 9.47 Å². The van der Waals surface area contributed by atoms with Crippen LogP contribution in [0.15, 0.2) is 36.4 Å². The number of ketones is 1. The van der Waals surface area contributed by atoms with Crippen LogP contribution in [0, 0.1) is 0 Å². The van der Waals surface area contributed by atoms with Gasteiger partial charge in [0.15, 0.2) is 11.5 Å². The highest BCUT2D eigenvalue weighted by Crippen LogP contribution is 2.28. The second kappa shape index (κ2) is 8.52. The van der Waals surface area contributed by atoms with Crippen molar-refractivity contribution in [2.75, 3.05) is 14.2 Å². The monoisotopic (exact) mass is 389 g/mol. The summed E-state index contributed by atoms with van der Waals surface area (Å²) in [5.41, 5.74) is 2.03. The highest BCUT2D eigenvalue weighted by Gasteiger charge is 2.10. The lowest BCUT2D eigenvalue weighted by atomic mass is 10.0. The number of ether oxygens (including phenoxy) is 2. The van der Waals surface area contributed by atoms with Gasteiger partial charge in [-0.2, -0.15) is 0 Å². The molecule has 2 aromatic carbocycles. The zero-order valence-corrected chi connectivity index (χ0v) is 16.3. The number of Topliss-reactive ketones (excluding diaryl/α,β-unsaturated/α-hetero) is 1. The molecule has 1 heterocycles. The van der Waals surface area contributed by atoms with Gasteiger partial charge in [0.2, 0.25) is 0 Å². The zero-order chi connectivity index (χ0) is 18.5. The largest absolute Gasteiger partial charge is 0.493 e. The number of thiazole rings is 1. The summed E-state index contributed by atoms with van der Waals surface area (Å²) in [6, 6.07) is 11.4. The molecule has 0 aliphatic carbocycles. The van der Waals surface area contributed by atoms with E-state index in [0.717, 1.165) is 33.6 Å². The van der Waals surface area contributed by atoms with Crippen molar-refractivity contribution < 1.29 is 14.3 Å². The number of aromatic nitrogens is 1. The highest BCUT2D eigenvalue weighted by atomic mass is 35.5. The van der Waals surface area contributed by atoms with E-state index < -0.39 is 0 Å². The van der Waals surface area contributed by atoms with Gasteiger partial charge in [0, 0.05) is 11.4 Å². The predicted molar refractivity (Wildman–Crippen MR) is 106 cm³/mol. The normalized spacial score (nSPS) is 10.9. The van der Waals surface area contributed by atoms with E-state index in [4.69, 9.17) is 21.1 Å². The number of carbonyl (C=O) groups is 1. The van der Waals surface area contributed by atoms with Gasteiger partial charge in [-0.05, 0) is 48.7 Å². The van der Waals surface area contributed by atoms with Crippen molar-refractivity contribution in [1.29, 1.82) is 0 Å². The molecule has 0 atom stereocenters. The Bertz CT molecular complexity index is 923. The molecule has 0 aliphatic heterocycles. The van der Waals surface area contributed by atoms with Crippen LogP contribution in [0.25, 0.3) is 10.2 Å². The third-order valence-electron chi connectivity index (χ3n) is 4.11. The number of hydrogen-bond donors (Lipinski definition) is 0. The molecule has 1 aromatic heterocycles. The van der Waals surface area contributed by atoms with Gasteiger partial charge in [-0.1, -0.05) is 17.7 Å². The topological polar surface area (TPSA) is 48.4 Å². The fourth-order valence-corrected chi connectivity index (χ4v) is 4.08. The number of halogens is 1. The lowest BCUT2D eigenvalue weighted by Crippen LogP contribution is -2.03. The summed E-state index contributed by atoms with van der Waals surface area (Å²) in [4.78, 5) is 16.8. The van der Waals surface area contributed by atoms with Gasteiger partial charge in [0.05, 0.1) is 30.9 Å². The number of carbonyl (C=O) groups excluding carboxylic acids is 1. The summed E-state index contributed by atoms with van der Waals surface area (Å²) in [5.74, 6) is 1.63. The average molecular weight is 390 g/mol. The van der Waals surface area contributed by atoms with Crippen molar-refractivity contribution >= 4 is 38.9 Å². The van der Waals surface area contributed by atoms with E-state index in [-0.39, 0.29) is 5.78 Å². The van der Waals surface area contributed by atoms with Gasteiger partial charge in [-0.15, -0.1) is 11.3 Å². The minimum Gasteiger partial charge on any atom is -0.493 e. The van der Waals surface area contributed by atoms with Crippen LogP contribution in [-0.2, 0) is 17.6 Å². The van der Waals surface area contributed by atoms with E-state index >= 15 is 0 Å². The summed E-state index contributed by atoms with van der Waals surface area (Å²) in [7, 11) is 3.24. The lowest BCUT2D eigenvalue weighted by molar-refractivity contribution is -0.118. The minimum atomic E-state index is 0.204. The Morgan fingerprint density at radius 3 is 2.69 bits per heavy atom. The maximum atomic E-state index is 12.3. The fourth-order valence-electron chi connectivity index (χ4n) is 2.80. The Morgan fingerprint density at radius 2 is 1.92 bits per heavy atom.